The molecule has 0 aromatic heterocycles. The van der Waals surface area contributed by atoms with E-state index in [1.807, 2.05) is 18.2 Å². The van der Waals surface area contributed by atoms with Gasteiger partial charge in [0.2, 0.25) is 0 Å². The summed E-state index contributed by atoms with van der Waals surface area (Å²) in [6.45, 7) is 3.17. The summed E-state index contributed by atoms with van der Waals surface area (Å²) in [4.78, 5) is 23.4. The maximum atomic E-state index is 12.1. The molecule has 2 aromatic carbocycles. The Morgan fingerprint density at radius 1 is 1.05 bits per heavy atom. The molecule has 1 N–H and O–H groups in total. The minimum atomic E-state index is -0.631. The molecule has 0 radical (unpaired) electrons. The zero-order valence-corrected chi connectivity index (χ0v) is 12.0. The average molecular weight is 283 g/mol. The predicted octanol–water partition coefficient (Wildman–Crippen LogP) is 3.30. The van der Waals surface area contributed by atoms with Gasteiger partial charge in [-0.25, -0.2) is 0 Å². The molecule has 4 nitrogen and oxygen atoms in total. The van der Waals surface area contributed by atoms with Gasteiger partial charge in [0.05, 0.1) is 0 Å². The lowest BCUT2D eigenvalue weighted by atomic mass is 10.1. The van der Waals surface area contributed by atoms with Crippen LogP contribution in [0, 0.1) is 0 Å². The summed E-state index contributed by atoms with van der Waals surface area (Å²) in [5.41, 5.74) is 1.14. The minimum absolute atomic E-state index is 0.0420. The number of Topliss-reactive ketones (excluding diaryl/α,β-unsaturated/α-hetero) is 1. The van der Waals surface area contributed by atoms with Gasteiger partial charge >= 0.3 is 0 Å². The van der Waals surface area contributed by atoms with Crippen LogP contribution in [0.1, 0.15) is 24.2 Å². The normalized spacial score (nSPS) is 11.5. The standard InChI is InChI=1S/C17H17NO3/c1-12(19)14-7-6-8-15(11-14)18-17(20)13(2)21-16-9-4-3-5-10-16/h3-11,13H,1-2H3,(H,18,20)/t13-/m0/s1. The maximum absolute atomic E-state index is 12.1. The van der Waals surface area contributed by atoms with Crippen LogP contribution in [-0.2, 0) is 4.79 Å². The largest absolute Gasteiger partial charge is 0.481 e. The molecule has 0 bridgehead atoms. The quantitative estimate of drug-likeness (QED) is 0.857. The number of anilines is 1. The first-order valence-electron chi connectivity index (χ1n) is 6.70. The molecule has 2 aromatic rings. The smallest absolute Gasteiger partial charge is 0.265 e. The lowest BCUT2D eigenvalue weighted by molar-refractivity contribution is -0.122. The van der Waals surface area contributed by atoms with Gasteiger partial charge in [0.25, 0.3) is 5.91 Å². The van der Waals surface area contributed by atoms with Gasteiger partial charge in [0.1, 0.15) is 5.75 Å². The number of nitrogens with one attached hydrogen (secondary N) is 1. The van der Waals surface area contributed by atoms with Gasteiger partial charge in [-0.3, -0.25) is 9.59 Å². The minimum Gasteiger partial charge on any atom is -0.481 e. The van der Waals surface area contributed by atoms with Crippen LogP contribution in [0.15, 0.2) is 54.6 Å². The van der Waals surface area contributed by atoms with Crippen molar-refractivity contribution >= 4 is 17.4 Å². The number of benzene rings is 2. The molecule has 4 heteroatoms. The fourth-order valence-electron chi connectivity index (χ4n) is 1.82. The molecule has 0 unspecified atom stereocenters. The SMILES string of the molecule is CC(=O)c1cccc(NC(=O)[C@H](C)Oc2ccccc2)c1. The maximum Gasteiger partial charge on any atom is 0.265 e. The highest BCUT2D eigenvalue weighted by Gasteiger charge is 2.15. The number of hydrogen-bond donors (Lipinski definition) is 1. The van der Waals surface area contributed by atoms with Crippen LogP contribution in [0.5, 0.6) is 5.75 Å². The summed E-state index contributed by atoms with van der Waals surface area (Å²) in [5.74, 6) is 0.330. The van der Waals surface area contributed by atoms with Crippen molar-refractivity contribution in [3.05, 3.63) is 60.2 Å². The van der Waals surface area contributed by atoms with E-state index in [9.17, 15) is 9.59 Å². The molecule has 1 atom stereocenters. The van der Waals surface area contributed by atoms with Crippen LogP contribution in [0.4, 0.5) is 5.69 Å². The van der Waals surface area contributed by atoms with Crippen LogP contribution in [0.2, 0.25) is 0 Å². The second-order valence-corrected chi connectivity index (χ2v) is 4.70. The molecule has 0 aliphatic rings. The van der Waals surface area contributed by atoms with Gasteiger partial charge in [0.15, 0.2) is 11.9 Å². The van der Waals surface area contributed by atoms with Crippen molar-refractivity contribution in [2.24, 2.45) is 0 Å². The first-order chi connectivity index (χ1) is 10.1. The van der Waals surface area contributed by atoms with Crippen LogP contribution in [0.3, 0.4) is 0 Å². The molecule has 21 heavy (non-hydrogen) atoms. The first kappa shape index (κ1) is 14.8. The van der Waals surface area contributed by atoms with Crippen molar-refractivity contribution in [1.29, 1.82) is 0 Å². The third-order valence-electron chi connectivity index (χ3n) is 2.96. The molecule has 0 spiro atoms. The van der Waals surface area contributed by atoms with Gasteiger partial charge in [-0.1, -0.05) is 30.3 Å². The Hall–Kier alpha value is -2.62. The zero-order valence-electron chi connectivity index (χ0n) is 12.0. The van der Waals surface area contributed by atoms with Crippen molar-refractivity contribution in [2.75, 3.05) is 5.32 Å². The van der Waals surface area contributed by atoms with Crippen molar-refractivity contribution < 1.29 is 14.3 Å². The van der Waals surface area contributed by atoms with Crippen molar-refractivity contribution in [3.8, 4) is 5.75 Å². The van der Waals surface area contributed by atoms with Crippen LogP contribution < -0.4 is 10.1 Å². The fourth-order valence-corrected chi connectivity index (χ4v) is 1.82. The summed E-state index contributed by atoms with van der Waals surface area (Å²) in [6.07, 6.45) is -0.631. The lowest BCUT2D eigenvalue weighted by Crippen LogP contribution is -2.30. The number of rotatable bonds is 5. The highest BCUT2D eigenvalue weighted by molar-refractivity contribution is 5.98. The molecule has 2 rings (SSSR count). The summed E-state index contributed by atoms with van der Waals surface area (Å²) >= 11 is 0. The van der Waals surface area contributed by atoms with Gasteiger partial charge in [-0.2, -0.15) is 0 Å². The van der Waals surface area contributed by atoms with E-state index >= 15 is 0 Å². The number of ether oxygens (including phenoxy) is 1. The van der Waals surface area contributed by atoms with E-state index in [0.717, 1.165) is 0 Å². The van der Waals surface area contributed by atoms with Gasteiger partial charge in [-0.15, -0.1) is 0 Å². The summed E-state index contributed by atoms with van der Waals surface area (Å²) in [7, 11) is 0. The Kier molecular flexibility index (Phi) is 4.72. The topological polar surface area (TPSA) is 55.4 Å². The Labute approximate surface area is 123 Å². The predicted molar refractivity (Wildman–Crippen MR) is 81.6 cm³/mol. The first-order valence-corrected chi connectivity index (χ1v) is 6.70. The molecule has 0 saturated carbocycles. The molecule has 0 fully saturated rings. The summed E-state index contributed by atoms with van der Waals surface area (Å²) < 4.78 is 5.55. The molecule has 0 heterocycles. The zero-order chi connectivity index (χ0) is 15.2. The third-order valence-corrected chi connectivity index (χ3v) is 2.96. The number of carbonyl (C=O) groups is 2. The second kappa shape index (κ2) is 6.70. The Morgan fingerprint density at radius 3 is 2.43 bits per heavy atom. The van der Waals surface area contributed by atoms with Crippen molar-refractivity contribution in [1.82, 2.24) is 0 Å². The molecule has 108 valence electrons. The van der Waals surface area contributed by atoms with Crippen molar-refractivity contribution in [3.63, 3.8) is 0 Å². The molecule has 0 aliphatic carbocycles. The van der Waals surface area contributed by atoms with Crippen molar-refractivity contribution in [2.45, 2.75) is 20.0 Å². The number of carbonyl (C=O) groups excluding carboxylic acids is 2. The van der Waals surface area contributed by atoms with Gasteiger partial charge < -0.3 is 10.1 Å². The number of ketones is 1. The Morgan fingerprint density at radius 2 is 1.76 bits per heavy atom. The third kappa shape index (κ3) is 4.18. The van der Waals surface area contributed by atoms with Crippen LogP contribution >= 0.6 is 0 Å². The van der Waals surface area contributed by atoms with E-state index in [4.69, 9.17) is 4.74 Å². The van der Waals surface area contributed by atoms with E-state index in [2.05, 4.69) is 5.32 Å². The van der Waals surface area contributed by atoms with E-state index < -0.39 is 6.10 Å². The lowest BCUT2D eigenvalue weighted by Gasteiger charge is -2.14. The van der Waals surface area contributed by atoms with E-state index in [0.29, 0.717) is 17.0 Å². The highest BCUT2D eigenvalue weighted by atomic mass is 16.5. The van der Waals surface area contributed by atoms with Crippen LogP contribution in [-0.4, -0.2) is 17.8 Å². The summed E-state index contributed by atoms with van der Waals surface area (Å²) in [5, 5.41) is 2.74. The Balaban J connectivity index is 2.00. The molecular formula is C17H17NO3. The molecular weight excluding hydrogens is 266 g/mol. The van der Waals surface area contributed by atoms with E-state index in [-0.39, 0.29) is 11.7 Å². The molecule has 1 amide bonds. The highest BCUT2D eigenvalue weighted by Crippen LogP contribution is 2.14. The average Bonchev–Trinajstić information content (AvgIpc) is 2.48. The van der Waals surface area contributed by atoms with E-state index in [1.165, 1.54) is 6.92 Å². The van der Waals surface area contributed by atoms with Gasteiger partial charge in [-0.05, 0) is 38.1 Å². The monoisotopic (exact) mass is 283 g/mol. The summed E-state index contributed by atoms with van der Waals surface area (Å²) in [6, 6.07) is 16.0. The Bertz CT molecular complexity index is 637. The number of hydrogen-bond acceptors (Lipinski definition) is 3. The fraction of sp³-hybridized carbons (Fsp3) is 0.176. The molecule has 0 aliphatic heterocycles. The van der Waals surface area contributed by atoms with Crippen LogP contribution in [0.25, 0.3) is 0 Å². The van der Waals surface area contributed by atoms with E-state index in [1.54, 1.807) is 43.3 Å². The number of amides is 1. The second-order valence-electron chi connectivity index (χ2n) is 4.70. The van der Waals surface area contributed by atoms with Gasteiger partial charge in [0, 0.05) is 11.3 Å². The number of para-hydroxylation sites is 1. The molecule has 0 saturated heterocycles.